The van der Waals surface area contributed by atoms with E-state index in [4.69, 9.17) is 10.5 Å². The van der Waals surface area contributed by atoms with Gasteiger partial charge in [-0.3, -0.25) is 4.79 Å². The largest absolute Gasteiger partial charge is 0.417 e. The van der Waals surface area contributed by atoms with E-state index in [9.17, 15) is 23.1 Å². The number of rotatable bonds is 1. The van der Waals surface area contributed by atoms with Crippen molar-refractivity contribution in [2.24, 2.45) is 5.73 Å². The number of piperidine rings is 1. The molecule has 0 aromatic heterocycles. The molecule has 2 heterocycles. The molecule has 2 aliphatic heterocycles. The number of carbonyl (C=O) groups is 1. The van der Waals surface area contributed by atoms with Gasteiger partial charge in [0.1, 0.15) is 5.72 Å². The number of hydrogen-bond donors (Lipinski definition) is 2. The van der Waals surface area contributed by atoms with Gasteiger partial charge in [0.05, 0.1) is 19.1 Å². The third kappa shape index (κ3) is 1.88. The number of ether oxygens (including phenoxy) is 1. The van der Waals surface area contributed by atoms with Crippen molar-refractivity contribution >= 4 is 5.91 Å². The number of carbonyl (C=O) groups excluding carboxylic acids is 1. The number of alkyl halides is 3. The van der Waals surface area contributed by atoms with Crippen LogP contribution in [0.25, 0.3) is 0 Å². The van der Waals surface area contributed by atoms with Crippen LogP contribution in [0.2, 0.25) is 0 Å². The number of nitrogens with zero attached hydrogens (tertiary/aromatic N) is 1. The summed E-state index contributed by atoms with van der Waals surface area (Å²) in [5.41, 5.74) is 0.928. The fourth-order valence-corrected chi connectivity index (χ4v) is 2.63. The molecular formula is C10H15F3N2O3. The maximum absolute atomic E-state index is 12.8. The zero-order valence-electron chi connectivity index (χ0n) is 9.83. The molecule has 0 bridgehead atoms. The van der Waals surface area contributed by atoms with E-state index in [1.807, 2.05) is 0 Å². The molecule has 0 spiro atoms. The van der Waals surface area contributed by atoms with Crippen molar-refractivity contribution in [1.29, 1.82) is 0 Å². The predicted octanol–water partition coefficient (Wildman–Crippen LogP) is -0.0241. The highest BCUT2D eigenvalue weighted by Gasteiger charge is 2.64. The zero-order valence-corrected chi connectivity index (χ0v) is 9.83. The Hall–Kier alpha value is -0.860. The molecule has 3 N–H and O–H groups in total. The van der Waals surface area contributed by atoms with Gasteiger partial charge in [-0.05, 0) is 6.92 Å². The summed E-state index contributed by atoms with van der Waals surface area (Å²) in [4.78, 5) is 13.0. The lowest BCUT2D eigenvalue weighted by Gasteiger charge is -2.45. The van der Waals surface area contributed by atoms with Gasteiger partial charge < -0.3 is 20.5 Å². The van der Waals surface area contributed by atoms with Crippen LogP contribution in [0.3, 0.4) is 0 Å². The van der Waals surface area contributed by atoms with E-state index < -0.39 is 42.4 Å². The minimum Gasteiger partial charge on any atom is -0.380 e. The summed E-state index contributed by atoms with van der Waals surface area (Å²) in [6, 6.07) is 0. The van der Waals surface area contributed by atoms with E-state index in [0.29, 0.717) is 0 Å². The predicted molar refractivity (Wildman–Crippen MR) is 54.3 cm³/mol. The van der Waals surface area contributed by atoms with Gasteiger partial charge in [0.2, 0.25) is 5.91 Å². The maximum atomic E-state index is 12.8. The number of hydrogen-bond acceptors (Lipinski definition) is 4. The van der Waals surface area contributed by atoms with E-state index in [0.717, 1.165) is 0 Å². The summed E-state index contributed by atoms with van der Waals surface area (Å²) < 4.78 is 43.8. The Kier molecular flexibility index (Phi) is 2.88. The second-order valence-corrected chi connectivity index (χ2v) is 5.04. The van der Waals surface area contributed by atoms with Crippen molar-refractivity contribution in [2.45, 2.75) is 43.4 Å². The van der Waals surface area contributed by atoms with Crippen LogP contribution in [0, 0.1) is 0 Å². The SMILES string of the molecule is C[C@@]12C[C@](O)(C(F)(F)F)CC(=O)N1C[C@@H](CN)O2. The molecule has 2 rings (SSSR count). The van der Waals surface area contributed by atoms with Crippen LogP contribution in [-0.4, -0.2) is 52.6 Å². The van der Waals surface area contributed by atoms with Crippen LogP contribution in [0.1, 0.15) is 19.8 Å². The Morgan fingerprint density at radius 1 is 1.61 bits per heavy atom. The average molecular weight is 268 g/mol. The molecule has 0 unspecified atom stereocenters. The van der Waals surface area contributed by atoms with Gasteiger partial charge in [0.15, 0.2) is 5.60 Å². The van der Waals surface area contributed by atoms with Gasteiger partial charge in [-0.15, -0.1) is 0 Å². The number of nitrogens with two attached hydrogens (primary N) is 1. The molecule has 0 aliphatic carbocycles. The second kappa shape index (κ2) is 3.82. The van der Waals surface area contributed by atoms with Crippen molar-refractivity contribution < 1.29 is 27.8 Å². The summed E-state index contributed by atoms with van der Waals surface area (Å²) >= 11 is 0. The molecule has 18 heavy (non-hydrogen) atoms. The molecule has 0 radical (unpaired) electrons. The Labute approximate surface area is 102 Å². The zero-order chi connectivity index (χ0) is 13.8. The highest BCUT2D eigenvalue weighted by atomic mass is 19.4. The smallest absolute Gasteiger partial charge is 0.380 e. The monoisotopic (exact) mass is 268 g/mol. The van der Waals surface area contributed by atoms with E-state index in [1.165, 1.54) is 11.8 Å². The van der Waals surface area contributed by atoms with Crippen LogP contribution < -0.4 is 5.73 Å². The molecule has 2 fully saturated rings. The summed E-state index contributed by atoms with van der Waals surface area (Å²) in [7, 11) is 0. The van der Waals surface area contributed by atoms with Crippen LogP contribution in [0.4, 0.5) is 13.2 Å². The van der Waals surface area contributed by atoms with Crippen LogP contribution in [0.5, 0.6) is 0 Å². The molecule has 104 valence electrons. The fraction of sp³-hybridized carbons (Fsp3) is 0.900. The first kappa shape index (κ1) is 13.6. The van der Waals surface area contributed by atoms with Crippen molar-refractivity contribution in [3.8, 4) is 0 Å². The Bertz CT molecular complexity index is 376. The summed E-state index contributed by atoms with van der Waals surface area (Å²) in [5, 5.41) is 9.67. The van der Waals surface area contributed by atoms with Crippen LogP contribution in [-0.2, 0) is 9.53 Å². The van der Waals surface area contributed by atoms with Crippen molar-refractivity contribution in [3.63, 3.8) is 0 Å². The summed E-state index contributed by atoms with van der Waals surface area (Å²) in [6.07, 6.45) is -7.00. The molecule has 1 amide bonds. The van der Waals surface area contributed by atoms with Gasteiger partial charge in [-0.25, -0.2) is 0 Å². The van der Waals surface area contributed by atoms with Gasteiger partial charge in [0, 0.05) is 13.0 Å². The van der Waals surface area contributed by atoms with Crippen molar-refractivity contribution in [1.82, 2.24) is 4.90 Å². The standard InChI is InChI=1S/C10H15F3N2O3/c1-8-5-9(17,10(11,12)13)2-7(16)15(8)4-6(3-14)18-8/h6,17H,2-5,14H2,1H3/t6-,8-,9+/m1/s1. The molecule has 2 aliphatic rings. The average Bonchev–Trinajstić information content (AvgIpc) is 2.53. The molecular weight excluding hydrogens is 253 g/mol. The highest BCUT2D eigenvalue weighted by molar-refractivity contribution is 5.79. The van der Waals surface area contributed by atoms with Gasteiger partial charge >= 0.3 is 6.18 Å². The van der Waals surface area contributed by atoms with E-state index in [2.05, 4.69) is 0 Å². The normalized spacial score (nSPS) is 41.1. The molecule has 0 saturated carbocycles. The lowest BCUT2D eigenvalue weighted by molar-refractivity contribution is -0.293. The molecule has 5 nitrogen and oxygen atoms in total. The Morgan fingerprint density at radius 3 is 2.72 bits per heavy atom. The van der Waals surface area contributed by atoms with E-state index in [1.54, 1.807) is 0 Å². The number of fused-ring (bicyclic) bond motifs is 1. The van der Waals surface area contributed by atoms with Crippen molar-refractivity contribution in [3.05, 3.63) is 0 Å². The summed E-state index contributed by atoms with van der Waals surface area (Å²) in [6.45, 7) is 1.65. The van der Waals surface area contributed by atoms with Gasteiger partial charge in [-0.2, -0.15) is 13.2 Å². The highest BCUT2D eigenvalue weighted by Crippen LogP contribution is 2.47. The third-order valence-corrected chi connectivity index (χ3v) is 3.53. The Balaban J connectivity index is 2.30. The number of halogens is 3. The van der Waals surface area contributed by atoms with E-state index >= 15 is 0 Å². The minimum atomic E-state index is -4.86. The molecule has 0 aromatic carbocycles. The first-order chi connectivity index (χ1) is 8.11. The maximum Gasteiger partial charge on any atom is 0.417 e. The molecule has 0 aromatic rings. The minimum absolute atomic E-state index is 0.115. The second-order valence-electron chi connectivity index (χ2n) is 5.04. The number of amides is 1. The van der Waals surface area contributed by atoms with Gasteiger partial charge in [0.25, 0.3) is 0 Å². The lowest BCUT2D eigenvalue weighted by atomic mass is 9.84. The number of aliphatic hydroxyl groups is 1. The Morgan fingerprint density at radius 2 is 2.22 bits per heavy atom. The molecule has 8 heteroatoms. The fourth-order valence-electron chi connectivity index (χ4n) is 2.63. The van der Waals surface area contributed by atoms with Crippen LogP contribution >= 0.6 is 0 Å². The molecule has 3 atom stereocenters. The quantitative estimate of drug-likeness (QED) is 0.700. The third-order valence-electron chi connectivity index (χ3n) is 3.53. The lowest BCUT2D eigenvalue weighted by Crippen LogP contribution is -2.62. The topological polar surface area (TPSA) is 75.8 Å². The van der Waals surface area contributed by atoms with E-state index in [-0.39, 0.29) is 13.1 Å². The van der Waals surface area contributed by atoms with Gasteiger partial charge in [-0.1, -0.05) is 0 Å². The summed E-state index contributed by atoms with van der Waals surface area (Å²) in [5.74, 6) is -0.764. The first-order valence-electron chi connectivity index (χ1n) is 5.59. The molecule has 2 saturated heterocycles. The van der Waals surface area contributed by atoms with Crippen molar-refractivity contribution in [2.75, 3.05) is 13.1 Å². The van der Waals surface area contributed by atoms with Crippen LogP contribution in [0.15, 0.2) is 0 Å². The first-order valence-corrected chi connectivity index (χ1v) is 5.59.